The van der Waals surface area contributed by atoms with E-state index in [9.17, 15) is 4.79 Å². The quantitative estimate of drug-likeness (QED) is 0.762. The molecule has 6 nitrogen and oxygen atoms in total. The van der Waals surface area contributed by atoms with Gasteiger partial charge < -0.3 is 14.8 Å². The second kappa shape index (κ2) is 9.32. The van der Waals surface area contributed by atoms with Crippen LogP contribution >= 0.6 is 0 Å². The Morgan fingerprint density at radius 2 is 1.93 bits per heavy atom. The van der Waals surface area contributed by atoms with E-state index in [0.717, 1.165) is 69.9 Å². The van der Waals surface area contributed by atoms with Gasteiger partial charge in [0.1, 0.15) is 11.6 Å². The lowest BCUT2D eigenvalue weighted by Gasteiger charge is -2.24. The fourth-order valence-corrected chi connectivity index (χ4v) is 4.10. The number of aryl methyl sites for hydroxylation is 1. The summed E-state index contributed by atoms with van der Waals surface area (Å²) < 4.78 is 2.27. The van der Waals surface area contributed by atoms with Crippen molar-refractivity contribution in [3.05, 3.63) is 47.5 Å². The van der Waals surface area contributed by atoms with E-state index >= 15 is 0 Å². The highest BCUT2D eigenvalue weighted by molar-refractivity contribution is 5.79. The van der Waals surface area contributed by atoms with Gasteiger partial charge in [-0.25, -0.2) is 0 Å². The Balaban J connectivity index is 1.22. The first-order valence-corrected chi connectivity index (χ1v) is 10.7. The molecule has 0 radical (unpaired) electrons. The van der Waals surface area contributed by atoms with Gasteiger partial charge in [-0.05, 0) is 37.8 Å². The standard InChI is InChI=1S/C22H31N5O/c28-22(19-9-4-10-19)23-13-11-20-24-25-21-12-15-26(16-17-27(20)21)14-5-8-18-6-2-1-3-7-18/h1-3,6-7,19H,4-5,8-17H2,(H,23,28). The molecule has 0 bridgehead atoms. The number of nitrogens with zero attached hydrogens (tertiary/aromatic N) is 4. The second-order valence-corrected chi connectivity index (χ2v) is 8.03. The van der Waals surface area contributed by atoms with Crippen LogP contribution in [0.15, 0.2) is 30.3 Å². The van der Waals surface area contributed by atoms with E-state index in [0.29, 0.717) is 6.54 Å². The van der Waals surface area contributed by atoms with Crippen LogP contribution in [0.25, 0.3) is 0 Å². The number of amides is 1. The highest BCUT2D eigenvalue weighted by atomic mass is 16.1. The topological polar surface area (TPSA) is 63.1 Å². The van der Waals surface area contributed by atoms with Gasteiger partial charge in [0.15, 0.2) is 0 Å². The van der Waals surface area contributed by atoms with E-state index in [-0.39, 0.29) is 11.8 Å². The summed E-state index contributed by atoms with van der Waals surface area (Å²) in [6, 6.07) is 10.7. The van der Waals surface area contributed by atoms with Crippen LogP contribution in [0.1, 0.15) is 42.9 Å². The predicted octanol–water partition coefficient (Wildman–Crippen LogP) is 2.23. The van der Waals surface area contributed by atoms with Gasteiger partial charge in [0.25, 0.3) is 0 Å². The van der Waals surface area contributed by atoms with Gasteiger partial charge >= 0.3 is 0 Å². The summed E-state index contributed by atoms with van der Waals surface area (Å²) in [6.45, 7) is 4.82. The Kier molecular flexibility index (Phi) is 6.37. The smallest absolute Gasteiger partial charge is 0.223 e. The number of rotatable bonds is 8. The van der Waals surface area contributed by atoms with E-state index in [2.05, 4.69) is 55.3 Å². The third-order valence-electron chi connectivity index (χ3n) is 6.10. The van der Waals surface area contributed by atoms with Crippen molar-refractivity contribution in [3.8, 4) is 0 Å². The van der Waals surface area contributed by atoms with Gasteiger partial charge in [0.05, 0.1) is 0 Å². The number of hydrogen-bond donors (Lipinski definition) is 1. The first-order valence-electron chi connectivity index (χ1n) is 10.7. The molecule has 2 heterocycles. The monoisotopic (exact) mass is 381 g/mol. The summed E-state index contributed by atoms with van der Waals surface area (Å²) in [5, 5.41) is 11.9. The maximum absolute atomic E-state index is 12.0. The van der Waals surface area contributed by atoms with E-state index in [1.807, 2.05) is 0 Å². The second-order valence-electron chi connectivity index (χ2n) is 8.03. The molecule has 150 valence electrons. The van der Waals surface area contributed by atoms with Crippen molar-refractivity contribution in [2.24, 2.45) is 5.92 Å². The summed E-state index contributed by atoms with van der Waals surface area (Å²) in [6.07, 6.45) is 7.32. The molecule has 0 spiro atoms. The summed E-state index contributed by atoms with van der Waals surface area (Å²) in [7, 11) is 0. The van der Waals surface area contributed by atoms with Crippen molar-refractivity contribution >= 4 is 5.91 Å². The lowest BCUT2D eigenvalue weighted by Crippen LogP contribution is -2.35. The van der Waals surface area contributed by atoms with Gasteiger partial charge in [0, 0.05) is 44.9 Å². The fourth-order valence-electron chi connectivity index (χ4n) is 4.10. The number of carbonyl (C=O) groups excluding carboxylic acids is 1. The minimum Gasteiger partial charge on any atom is -0.355 e. The third-order valence-corrected chi connectivity index (χ3v) is 6.10. The molecule has 1 aromatic carbocycles. The number of nitrogens with one attached hydrogen (secondary N) is 1. The van der Waals surface area contributed by atoms with E-state index in [1.54, 1.807) is 0 Å². The molecule has 1 aliphatic carbocycles. The first-order chi connectivity index (χ1) is 13.8. The number of aromatic nitrogens is 3. The number of carbonyl (C=O) groups is 1. The Labute approximate surface area is 167 Å². The van der Waals surface area contributed by atoms with Gasteiger partial charge in [0.2, 0.25) is 5.91 Å². The van der Waals surface area contributed by atoms with E-state index < -0.39 is 0 Å². The number of fused-ring (bicyclic) bond motifs is 1. The van der Waals surface area contributed by atoms with Crippen molar-refractivity contribution < 1.29 is 4.79 Å². The lowest BCUT2D eigenvalue weighted by atomic mass is 9.85. The molecule has 1 N–H and O–H groups in total. The van der Waals surface area contributed by atoms with Gasteiger partial charge in [-0.15, -0.1) is 10.2 Å². The van der Waals surface area contributed by atoms with Gasteiger partial charge in [-0.3, -0.25) is 4.79 Å². The highest BCUT2D eigenvalue weighted by Crippen LogP contribution is 2.26. The van der Waals surface area contributed by atoms with Crippen molar-refractivity contribution in [1.29, 1.82) is 0 Å². The molecule has 1 aromatic heterocycles. The van der Waals surface area contributed by atoms with Gasteiger partial charge in [-0.1, -0.05) is 36.8 Å². The van der Waals surface area contributed by atoms with Crippen LogP contribution in [0, 0.1) is 5.92 Å². The number of benzene rings is 1. The summed E-state index contributed by atoms with van der Waals surface area (Å²) in [5.41, 5.74) is 1.42. The minimum atomic E-state index is 0.214. The average Bonchev–Trinajstić information content (AvgIpc) is 2.93. The van der Waals surface area contributed by atoms with Crippen LogP contribution < -0.4 is 5.32 Å². The molecule has 0 saturated heterocycles. The number of hydrogen-bond acceptors (Lipinski definition) is 4. The molecule has 28 heavy (non-hydrogen) atoms. The lowest BCUT2D eigenvalue weighted by molar-refractivity contribution is -0.127. The maximum Gasteiger partial charge on any atom is 0.223 e. The average molecular weight is 382 g/mol. The van der Waals surface area contributed by atoms with E-state index in [4.69, 9.17) is 0 Å². The van der Waals surface area contributed by atoms with Crippen molar-refractivity contribution in [3.63, 3.8) is 0 Å². The molecule has 1 amide bonds. The Morgan fingerprint density at radius 3 is 2.71 bits per heavy atom. The van der Waals surface area contributed by atoms with Crippen LogP contribution in [0.3, 0.4) is 0 Å². The molecule has 0 atom stereocenters. The molecule has 4 rings (SSSR count). The summed E-state index contributed by atoms with van der Waals surface area (Å²) in [4.78, 5) is 14.5. The molecule has 6 heteroatoms. The summed E-state index contributed by atoms with van der Waals surface area (Å²) >= 11 is 0. The zero-order valence-corrected chi connectivity index (χ0v) is 16.6. The fraction of sp³-hybridized carbons (Fsp3) is 0.591. The maximum atomic E-state index is 12.0. The third kappa shape index (κ3) is 4.79. The van der Waals surface area contributed by atoms with Crippen LogP contribution in [-0.4, -0.2) is 51.8 Å². The van der Waals surface area contributed by atoms with Crippen molar-refractivity contribution in [1.82, 2.24) is 25.0 Å². The molecular weight excluding hydrogens is 350 g/mol. The zero-order valence-electron chi connectivity index (χ0n) is 16.6. The molecule has 1 saturated carbocycles. The molecule has 1 aliphatic heterocycles. The van der Waals surface area contributed by atoms with E-state index in [1.165, 1.54) is 18.4 Å². The highest BCUT2D eigenvalue weighted by Gasteiger charge is 2.25. The van der Waals surface area contributed by atoms with Crippen molar-refractivity contribution in [2.45, 2.75) is 51.5 Å². The van der Waals surface area contributed by atoms with Crippen LogP contribution in [0.2, 0.25) is 0 Å². The molecule has 2 aliphatic rings. The summed E-state index contributed by atoms with van der Waals surface area (Å²) in [5.74, 6) is 2.56. The Hall–Kier alpha value is -2.21. The normalized spacial score (nSPS) is 17.6. The zero-order chi connectivity index (χ0) is 19.2. The minimum absolute atomic E-state index is 0.214. The first kappa shape index (κ1) is 19.1. The largest absolute Gasteiger partial charge is 0.355 e. The van der Waals surface area contributed by atoms with Crippen LogP contribution in [0.4, 0.5) is 0 Å². The Bertz CT molecular complexity index is 768. The Morgan fingerprint density at radius 1 is 1.07 bits per heavy atom. The van der Waals surface area contributed by atoms with Crippen LogP contribution in [-0.2, 0) is 30.6 Å². The molecule has 2 aromatic rings. The van der Waals surface area contributed by atoms with Gasteiger partial charge in [-0.2, -0.15) is 0 Å². The van der Waals surface area contributed by atoms with Crippen molar-refractivity contribution in [2.75, 3.05) is 26.2 Å². The molecular formula is C22H31N5O. The SMILES string of the molecule is O=C(NCCc1nnc2n1CCN(CCCc1ccccc1)CC2)C1CCC1. The van der Waals surface area contributed by atoms with Crippen LogP contribution in [0.5, 0.6) is 0 Å². The predicted molar refractivity (Wildman–Crippen MR) is 109 cm³/mol. The molecule has 1 fully saturated rings. The molecule has 0 unspecified atom stereocenters.